The summed E-state index contributed by atoms with van der Waals surface area (Å²) >= 11 is 4.10. The van der Waals surface area contributed by atoms with Gasteiger partial charge in [0.2, 0.25) is 0 Å². The van der Waals surface area contributed by atoms with E-state index in [9.17, 15) is 10.2 Å². The molecule has 0 aromatic carbocycles. The summed E-state index contributed by atoms with van der Waals surface area (Å²) in [6, 6.07) is 0. The van der Waals surface area contributed by atoms with Crippen LogP contribution in [0, 0.1) is 0 Å². The van der Waals surface area contributed by atoms with Gasteiger partial charge in [-0.25, -0.2) is 0 Å². The molecular weight excluding hydrogens is 661 g/mol. The summed E-state index contributed by atoms with van der Waals surface area (Å²) in [7, 11) is 0. The Bertz CT molecular complexity index is 615. The van der Waals surface area contributed by atoms with Gasteiger partial charge in [-0.1, -0.05) is 129 Å². The number of thioether (sulfide) groups is 2. The number of aliphatic hydroxyl groups excluding tert-OH is 2. The second kappa shape index (κ2) is 39.2. The zero-order valence-corrected chi connectivity index (χ0v) is 35.1. The maximum absolute atomic E-state index is 10.8. The van der Waals surface area contributed by atoms with Crippen molar-refractivity contribution in [2.24, 2.45) is 0 Å². The van der Waals surface area contributed by atoms with Gasteiger partial charge in [0.15, 0.2) is 0 Å². The highest BCUT2D eigenvalue weighted by Crippen LogP contribution is 2.15. The molecule has 1 aliphatic rings. The minimum absolute atomic E-state index is 0.368. The van der Waals surface area contributed by atoms with Gasteiger partial charge in [-0.15, -0.1) is 0 Å². The SMILES string of the molecule is CCCCCCCCCCCCSCCCOCC(O)CN(CCN1CCCC1)CC(O)COCCCSCCCCCCCCCCCC. The first kappa shape index (κ1) is 48.5. The van der Waals surface area contributed by atoms with Gasteiger partial charge in [-0.05, 0) is 74.6 Å². The summed E-state index contributed by atoms with van der Waals surface area (Å²) in [5.74, 6) is 4.80. The predicted molar refractivity (Wildman–Crippen MR) is 223 cm³/mol. The van der Waals surface area contributed by atoms with E-state index in [4.69, 9.17) is 9.47 Å². The third-order valence-corrected chi connectivity index (χ3v) is 12.2. The second-order valence-corrected chi connectivity index (χ2v) is 17.5. The molecule has 0 spiro atoms. The summed E-state index contributed by atoms with van der Waals surface area (Å²) < 4.78 is 11.7. The number of aliphatic hydroxyl groups is 2. The summed E-state index contributed by atoms with van der Waals surface area (Å²) in [6.45, 7) is 12.0. The Morgan fingerprint density at radius 2 is 0.880 bits per heavy atom. The van der Waals surface area contributed by atoms with Crippen LogP contribution in [0.2, 0.25) is 0 Å². The van der Waals surface area contributed by atoms with E-state index in [2.05, 4.69) is 23.6 Å². The molecule has 1 aliphatic heterocycles. The van der Waals surface area contributed by atoms with Crippen LogP contribution in [0.1, 0.15) is 168 Å². The van der Waals surface area contributed by atoms with Crippen molar-refractivity contribution in [3.05, 3.63) is 0 Å². The molecular formula is C42H86N2O4S2. The third kappa shape index (κ3) is 34.2. The van der Waals surface area contributed by atoms with Gasteiger partial charge in [0.25, 0.3) is 0 Å². The zero-order chi connectivity index (χ0) is 36.0. The van der Waals surface area contributed by atoms with Crippen molar-refractivity contribution < 1.29 is 19.7 Å². The van der Waals surface area contributed by atoms with Crippen molar-refractivity contribution in [2.75, 3.05) is 88.7 Å². The fourth-order valence-electron chi connectivity index (χ4n) is 6.80. The lowest BCUT2D eigenvalue weighted by Crippen LogP contribution is -2.44. The van der Waals surface area contributed by atoms with Gasteiger partial charge in [-0.2, -0.15) is 23.5 Å². The molecule has 1 saturated heterocycles. The van der Waals surface area contributed by atoms with E-state index >= 15 is 0 Å². The van der Waals surface area contributed by atoms with Crippen molar-refractivity contribution in [3.63, 3.8) is 0 Å². The monoisotopic (exact) mass is 747 g/mol. The van der Waals surface area contributed by atoms with Crippen LogP contribution in [0.15, 0.2) is 0 Å². The molecule has 300 valence electrons. The molecule has 0 aliphatic carbocycles. The normalized spacial score (nSPS) is 15.1. The Morgan fingerprint density at radius 1 is 0.520 bits per heavy atom. The van der Waals surface area contributed by atoms with Gasteiger partial charge in [0.05, 0.1) is 25.4 Å². The number of likely N-dealkylation sites (tertiary alicyclic amines) is 1. The van der Waals surface area contributed by atoms with Gasteiger partial charge in [0, 0.05) is 39.4 Å². The van der Waals surface area contributed by atoms with Gasteiger partial charge in [-0.3, -0.25) is 4.90 Å². The van der Waals surface area contributed by atoms with Crippen molar-refractivity contribution in [2.45, 2.75) is 180 Å². The maximum Gasteiger partial charge on any atom is 0.0900 e. The van der Waals surface area contributed by atoms with E-state index < -0.39 is 12.2 Å². The zero-order valence-electron chi connectivity index (χ0n) is 33.4. The van der Waals surface area contributed by atoms with Crippen LogP contribution in [-0.4, -0.2) is 121 Å². The molecule has 6 nitrogen and oxygen atoms in total. The predicted octanol–water partition coefficient (Wildman–Crippen LogP) is 10.2. The van der Waals surface area contributed by atoms with Crippen LogP contribution in [-0.2, 0) is 9.47 Å². The van der Waals surface area contributed by atoms with E-state index in [1.807, 2.05) is 23.5 Å². The molecule has 2 N–H and O–H groups in total. The number of nitrogens with zero attached hydrogens (tertiary/aromatic N) is 2. The average molecular weight is 747 g/mol. The average Bonchev–Trinajstić information content (AvgIpc) is 3.64. The van der Waals surface area contributed by atoms with E-state index in [0.717, 1.165) is 37.4 Å². The van der Waals surface area contributed by atoms with Crippen LogP contribution in [0.5, 0.6) is 0 Å². The Morgan fingerprint density at radius 3 is 1.28 bits per heavy atom. The van der Waals surface area contributed by atoms with Crippen molar-refractivity contribution in [1.82, 2.24) is 9.80 Å². The van der Waals surface area contributed by atoms with Crippen molar-refractivity contribution >= 4 is 23.5 Å². The molecule has 0 radical (unpaired) electrons. The topological polar surface area (TPSA) is 65.4 Å². The third-order valence-electron chi connectivity index (χ3n) is 9.93. The lowest BCUT2D eigenvalue weighted by molar-refractivity contribution is -0.0111. The Hall–Kier alpha value is 0.460. The number of unbranched alkanes of at least 4 members (excludes halogenated alkanes) is 18. The first-order chi connectivity index (χ1) is 24.7. The molecule has 0 saturated carbocycles. The number of hydrogen-bond donors (Lipinski definition) is 2. The molecule has 1 rings (SSSR count). The van der Waals surface area contributed by atoms with E-state index in [-0.39, 0.29) is 0 Å². The van der Waals surface area contributed by atoms with Crippen LogP contribution in [0.3, 0.4) is 0 Å². The van der Waals surface area contributed by atoms with Crippen molar-refractivity contribution in [1.29, 1.82) is 0 Å². The van der Waals surface area contributed by atoms with Gasteiger partial charge in [0.1, 0.15) is 0 Å². The fraction of sp³-hybridized carbons (Fsp3) is 1.00. The smallest absolute Gasteiger partial charge is 0.0900 e. The first-order valence-electron chi connectivity index (χ1n) is 21.8. The number of hydrogen-bond acceptors (Lipinski definition) is 8. The highest BCUT2D eigenvalue weighted by molar-refractivity contribution is 7.99. The molecule has 8 heteroatoms. The lowest BCUT2D eigenvalue weighted by atomic mass is 10.1. The summed E-state index contributed by atoms with van der Waals surface area (Å²) in [4.78, 5) is 4.71. The highest BCUT2D eigenvalue weighted by atomic mass is 32.2. The molecule has 2 atom stereocenters. The lowest BCUT2D eigenvalue weighted by Gasteiger charge is -2.29. The van der Waals surface area contributed by atoms with E-state index in [1.54, 1.807) is 0 Å². The Labute approximate surface area is 320 Å². The summed E-state index contributed by atoms with van der Waals surface area (Å²) in [5, 5.41) is 21.5. The molecule has 0 amide bonds. The number of ether oxygens (including phenoxy) is 2. The molecule has 0 aromatic heterocycles. The van der Waals surface area contributed by atoms with Crippen molar-refractivity contribution in [3.8, 4) is 0 Å². The van der Waals surface area contributed by atoms with E-state index in [1.165, 1.54) is 166 Å². The summed E-state index contributed by atoms with van der Waals surface area (Å²) in [5.41, 5.74) is 0. The summed E-state index contributed by atoms with van der Waals surface area (Å²) in [6.07, 6.45) is 31.5. The maximum atomic E-state index is 10.8. The fourth-order valence-corrected chi connectivity index (χ4v) is 8.67. The number of rotatable bonds is 41. The first-order valence-corrected chi connectivity index (χ1v) is 24.1. The minimum Gasteiger partial charge on any atom is -0.389 e. The van der Waals surface area contributed by atoms with Crippen LogP contribution < -0.4 is 0 Å². The van der Waals surface area contributed by atoms with Gasteiger partial charge >= 0.3 is 0 Å². The molecule has 0 aromatic rings. The quantitative estimate of drug-likeness (QED) is 0.0600. The molecule has 50 heavy (non-hydrogen) atoms. The van der Waals surface area contributed by atoms with E-state index in [0.29, 0.717) is 39.5 Å². The largest absolute Gasteiger partial charge is 0.389 e. The molecule has 1 heterocycles. The highest BCUT2D eigenvalue weighted by Gasteiger charge is 2.19. The van der Waals surface area contributed by atoms with Crippen LogP contribution in [0.25, 0.3) is 0 Å². The molecule has 0 bridgehead atoms. The Balaban J connectivity index is 2.04. The molecule has 2 unspecified atom stereocenters. The van der Waals surface area contributed by atoms with Crippen LogP contribution >= 0.6 is 23.5 Å². The standard InChI is InChI=1S/C42H86N2O4S2/c1-3-5-7-9-11-13-15-17-19-23-33-49-35-25-31-47-39-41(45)37-44(30-29-43-27-21-22-28-43)38-42(46)40-48-32-26-36-50-34-24-20-18-16-14-12-10-8-6-4-2/h41-42,45-46H,3-40H2,1-2H3. The molecule has 1 fully saturated rings. The van der Waals surface area contributed by atoms with Gasteiger partial charge < -0.3 is 24.6 Å². The minimum atomic E-state index is -0.534. The second-order valence-electron chi connectivity index (χ2n) is 15.1. The Kier molecular flexibility index (Phi) is 38.0. The van der Waals surface area contributed by atoms with Crippen LogP contribution in [0.4, 0.5) is 0 Å².